The summed E-state index contributed by atoms with van der Waals surface area (Å²) in [5, 5.41) is 11.9. The molecule has 1 rings (SSSR count). The molecule has 0 aliphatic rings. The van der Waals surface area contributed by atoms with Gasteiger partial charge in [0.25, 0.3) is 0 Å². The molecule has 0 heterocycles. The van der Waals surface area contributed by atoms with Crippen molar-refractivity contribution in [1.82, 2.24) is 0 Å². The molecule has 1 aromatic rings. The molecule has 0 saturated carbocycles. The third kappa shape index (κ3) is 3.53. The number of carboxylic acid groups (broad SMARTS) is 1. The summed E-state index contributed by atoms with van der Waals surface area (Å²) in [6.07, 6.45) is 0. The maximum absolute atomic E-state index is 10.8. The van der Waals surface area contributed by atoms with Crippen LogP contribution in [0.5, 0.6) is 0 Å². The minimum absolute atomic E-state index is 0.130. The minimum atomic E-state index is -1.39. The highest BCUT2D eigenvalue weighted by Gasteiger charge is 2.15. The molecular formula is C11H11NO4. The fraction of sp³-hybridized carbons (Fsp3) is 0.182. The highest BCUT2D eigenvalue weighted by atomic mass is 16.6. The zero-order chi connectivity index (χ0) is 12.0. The van der Waals surface area contributed by atoms with E-state index in [1.165, 1.54) is 0 Å². The average Bonchev–Trinajstić information content (AvgIpc) is 2.24. The summed E-state index contributed by atoms with van der Waals surface area (Å²) in [7, 11) is 0. The van der Waals surface area contributed by atoms with Gasteiger partial charge in [-0.05, 0) is 5.56 Å². The Balaban J connectivity index is 2.59. The van der Waals surface area contributed by atoms with Gasteiger partial charge in [-0.25, -0.2) is 4.79 Å². The van der Waals surface area contributed by atoms with Gasteiger partial charge in [-0.2, -0.15) is 0 Å². The first-order valence-corrected chi connectivity index (χ1v) is 4.59. The molecule has 84 valence electrons. The van der Waals surface area contributed by atoms with E-state index in [-0.39, 0.29) is 6.61 Å². The smallest absolute Gasteiger partial charge is 0.361 e. The number of hydrogen-bond acceptors (Lipinski definition) is 4. The molecule has 1 N–H and O–H groups in total. The Morgan fingerprint density at radius 1 is 1.31 bits per heavy atom. The predicted octanol–water partition coefficient (Wildman–Crippen LogP) is 1.23. The van der Waals surface area contributed by atoms with E-state index in [1.807, 2.05) is 30.3 Å². The Morgan fingerprint density at radius 3 is 2.44 bits per heavy atom. The Labute approximate surface area is 92.3 Å². The summed E-state index contributed by atoms with van der Waals surface area (Å²) >= 11 is 0. The molecule has 0 bridgehead atoms. The van der Waals surface area contributed by atoms with Gasteiger partial charge in [0.05, 0.1) is 0 Å². The largest absolute Gasteiger partial charge is 0.476 e. The summed E-state index contributed by atoms with van der Waals surface area (Å²) in [4.78, 5) is 26.2. The van der Waals surface area contributed by atoms with Crippen LogP contribution in [0, 0.1) is 0 Å². The molecule has 5 nitrogen and oxygen atoms in total. The van der Waals surface area contributed by atoms with E-state index < -0.39 is 17.5 Å². The van der Waals surface area contributed by atoms with Crippen molar-refractivity contribution in [3.05, 3.63) is 35.9 Å². The zero-order valence-corrected chi connectivity index (χ0v) is 8.71. The number of carbonyl (C=O) groups excluding carboxylic acids is 1. The second kappa shape index (κ2) is 5.65. The van der Waals surface area contributed by atoms with Gasteiger partial charge in [0.15, 0.2) is 5.78 Å². The molecule has 0 spiro atoms. The first-order valence-electron chi connectivity index (χ1n) is 4.59. The molecule has 0 amide bonds. The molecule has 5 heteroatoms. The molecule has 0 unspecified atom stereocenters. The van der Waals surface area contributed by atoms with Gasteiger partial charge in [0, 0.05) is 6.92 Å². The molecule has 0 atom stereocenters. The van der Waals surface area contributed by atoms with Crippen molar-refractivity contribution < 1.29 is 19.5 Å². The fourth-order valence-corrected chi connectivity index (χ4v) is 1.000. The molecule has 16 heavy (non-hydrogen) atoms. The van der Waals surface area contributed by atoms with E-state index in [0.717, 1.165) is 12.5 Å². The average molecular weight is 221 g/mol. The highest BCUT2D eigenvalue weighted by Crippen LogP contribution is 2.00. The van der Waals surface area contributed by atoms with Crippen molar-refractivity contribution in [2.24, 2.45) is 5.16 Å². The van der Waals surface area contributed by atoms with Crippen LogP contribution in [0.2, 0.25) is 0 Å². The van der Waals surface area contributed by atoms with Crippen LogP contribution >= 0.6 is 0 Å². The van der Waals surface area contributed by atoms with Crippen LogP contribution in [0.3, 0.4) is 0 Å². The van der Waals surface area contributed by atoms with Gasteiger partial charge in [-0.3, -0.25) is 4.79 Å². The monoisotopic (exact) mass is 221 g/mol. The quantitative estimate of drug-likeness (QED) is 0.461. The Kier molecular flexibility index (Phi) is 4.20. The zero-order valence-electron chi connectivity index (χ0n) is 8.71. The maximum Gasteiger partial charge on any atom is 0.361 e. The van der Waals surface area contributed by atoms with E-state index in [0.29, 0.717) is 0 Å². The number of hydrogen-bond donors (Lipinski definition) is 1. The standard InChI is InChI=1S/C11H11NO4/c1-8(13)10(11(14)15)12-16-7-9-5-3-2-4-6-9/h2-6H,7H2,1H3,(H,14,15). The van der Waals surface area contributed by atoms with Crippen molar-refractivity contribution in [2.45, 2.75) is 13.5 Å². The van der Waals surface area contributed by atoms with Crippen LogP contribution < -0.4 is 0 Å². The van der Waals surface area contributed by atoms with Crippen LogP contribution in [-0.2, 0) is 21.0 Å². The van der Waals surface area contributed by atoms with E-state index in [9.17, 15) is 9.59 Å². The fourth-order valence-electron chi connectivity index (χ4n) is 1.000. The summed E-state index contributed by atoms with van der Waals surface area (Å²) in [6, 6.07) is 9.12. The number of carboxylic acids is 1. The number of benzene rings is 1. The summed E-state index contributed by atoms with van der Waals surface area (Å²) in [5.41, 5.74) is 0.246. The minimum Gasteiger partial charge on any atom is -0.476 e. The Bertz CT molecular complexity index is 395. The van der Waals surface area contributed by atoms with Crippen LogP contribution in [0.1, 0.15) is 12.5 Å². The van der Waals surface area contributed by atoms with Gasteiger partial charge < -0.3 is 9.94 Å². The molecule has 0 aliphatic carbocycles. The number of nitrogens with zero attached hydrogens (tertiary/aromatic N) is 1. The third-order valence-corrected chi connectivity index (χ3v) is 1.77. The number of ketones is 1. The molecular weight excluding hydrogens is 210 g/mol. The topological polar surface area (TPSA) is 76.0 Å². The lowest BCUT2D eigenvalue weighted by atomic mass is 10.2. The first-order chi connectivity index (χ1) is 7.61. The van der Waals surface area contributed by atoms with E-state index in [1.54, 1.807) is 0 Å². The SMILES string of the molecule is CC(=O)C(=NOCc1ccccc1)C(=O)O. The molecule has 0 aliphatic heterocycles. The van der Waals surface area contributed by atoms with E-state index in [2.05, 4.69) is 5.16 Å². The van der Waals surface area contributed by atoms with Gasteiger partial charge in [-0.15, -0.1) is 0 Å². The lowest BCUT2D eigenvalue weighted by Crippen LogP contribution is -2.21. The van der Waals surface area contributed by atoms with E-state index >= 15 is 0 Å². The van der Waals surface area contributed by atoms with Crippen LogP contribution in [-0.4, -0.2) is 22.6 Å². The third-order valence-electron chi connectivity index (χ3n) is 1.77. The van der Waals surface area contributed by atoms with Gasteiger partial charge in [-0.1, -0.05) is 35.5 Å². The maximum atomic E-state index is 10.8. The van der Waals surface area contributed by atoms with Crippen LogP contribution in [0.25, 0.3) is 0 Å². The highest BCUT2D eigenvalue weighted by molar-refractivity contribution is 6.63. The van der Waals surface area contributed by atoms with Crippen molar-refractivity contribution >= 4 is 17.5 Å². The number of carbonyl (C=O) groups is 2. The summed E-state index contributed by atoms with van der Waals surface area (Å²) in [5.74, 6) is -2.03. The van der Waals surface area contributed by atoms with Crippen molar-refractivity contribution in [3.8, 4) is 0 Å². The molecule has 1 aromatic carbocycles. The molecule has 0 aromatic heterocycles. The Hall–Kier alpha value is -2.17. The van der Waals surface area contributed by atoms with Gasteiger partial charge >= 0.3 is 5.97 Å². The normalized spacial score (nSPS) is 10.9. The van der Waals surface area contributed by atoms with Crippen molar-refractivity contribution in [1.29, 1.82) is 0 Å². The molecule has 0 saturated heterocycles. The number of Topliss-reactive ketones (excluding diaryl/α,β-unsaturated/α-hetero) is 1. The van der Waals surface area contributed by atoms with Crippen molar-refractivity contribution in [3.63, 3.8) is 0 Å². The first kappa shape index (κ1) is 11.9. The van der Waals surface area contributed by atoms with E-state index in [4.69, 9.17) is 9.94 Å². The number of aliphatic carboxylic acids is 1. The Morgan fingerprint density at radius 2 is 1.94 bits per heavy atom. The number of oxime groups is 1. The lowest BCUT2D eigenvalue weighted by molar-refractivity contribution is -0.130. The predicted molar refractivity (Wildman–Crippen MR) is 57.0 cm³/mol. The second-order valence-corrected chi connectivity index (χ2v) is 3.06. The summed E-state index contributed by atoms with van der Waals surface area (Å²) in [6.45, 7) is 1.25. The van der Waals surface area contributed by atoms with Crippen LogP contribution in [0.4, 0.5) is 0 Å². The molecule has 0 fully saturated rings. The second-order valence-electron chi connectivity index (χ2n) is 3.06. The number of rotatable bonds is 5. The van der Waals surface area contributed by atoms with Gasteiger partial charge in [0.2, 0.25) is 5.71 Å². The molecule has 0 radical (unpaired) electrons. The summed E-state index contributed by atoms with van der Waals surface area (Å²) < 4.78 is 0. The van der Waals surface area contributed by atoms with Crippen molar-refractivity contribution in [2.75, 3.05) is 0 Å². The lowest BCUT2D eigenvalue weighted by Gasteiger charge is -2.00. The van der Waals surface area contributed by atoms with Crippen LogP contribution in [0.15, 0.2) is 35.5 Å². The van der Waals surface area contributed by atoms with Gasteiger partial charge in [0.1, 0.15) is 6.61 Å².